The molecule has 0 amide bonds. The average Bonchev–Trinajstić information content (AvgIpc) is 2.73. The van der Waals surface area contributed by atoms with E-state index in [0.29, 0.717) is 11.8 Å². The molecule has 1 heterocycles. The number of carboxylic acids is 1. The van der Waals surface area contributed by atoms with Gasteiger partial charge < -0.3 is 34.6 Å². The van der Waals surface area contributed by atoms with Gasteiger partial charge in [0.05, 0.1) is 24.1 Å². The van der Waals surface area contributed by atoms with Gasteiger partial charge in [0.1, 0.15) is 24.0 Å². The number of nitrogens with one attached hydrogen (secondary N) is 1. The summed E-state index contributed by atoms with van der Waals surface area (Å²) in [6, 6.07) is 6.17. The highest BCUT2D eigenvalue weighted by Crippen LogP contribution is 2.35. The number of anilines is 1. The first-order valence-electron chi connectivity index (χ1n) is 8.94. The number of carbonyl (C=O) groups is 2. The summed E-state index contributed by atoms with van der Waals surface area (Å²) < 4.78 is 10.7. The number of carbonyl (C=O) groups excluding carboxylic acids is 1. The van der Waals surface area contributed by atoms with E-state index in [1.807, 2.05) is 0 Å². The van der Waals surface area contributed by atoms with Crippen LogP contribution in [0.5, 0.6) is 17.2 Å². The van der Waals surface area contributed by atoms with E-state index in [2.05, 4.69) is 5.32 Å². The number of rotatable bonds is 8. The zero-order chi connectivity index (χ0) is 21.8. The maximum Gasteiger partial charge on any atom is 0.303 e. The number of aliphatic carboxylic acids is 1. The monoisotopic (exact) mass is 413 g/mol. The molecule has 9 nitrogen and oxygen atoms in total. The fraction of sp³-hybridized carbons (Fsp3) is 0.190. The summed E-state index contributed by atoms with van der Waals surface area (Å²) in [7, 11) is 1.39. The summed E-state index contributed by atoms with van der Waals surface area (Å²) in [5, 5.41) is 31.6. The van der Waals surface area contributed by atoms with E-state index in [4.69, 9.17) is 14.3 Å². The Morgan fingerprint density at radius 3 is 2.63 bits per heavy atom. The third-order valence-electron chi connectivity index (χ3n) is 4.57. The van der Waals surface area contributed by atoms with E-state index in [9.17, 15) is 24.6 Å². The maximum absolute atomic E-state index is 13.0. The van der Waals surface area contributed by atoms with Crippen molar-refractivity contribution in [2.45, 2.75) is 18.9 Å². The predicted molar refractivity (Wildman–Crippen MR) is 108 cm³/mol. The number of fused-ring (bicyclic) bond motifs is 1. The Hall–Kier alpha value is -4.01. The summed E-state index contributed by atoms with van der Waals surface area (Å²) in [6.07, 6.45) is 1.47. The number of methoxy groups -OCH3 is 1. The minimum Gasteiger partial charge on any atom is -0.506 e. The highest BCUT2D eigenvalue weighted by atomic mass is 16.5. The van der Waals surface area contributed by atoms with E-state index in [1.165, 1.54) is 43.7 Å². The van der Waals surface area contributed by atoms with Crippen molar-refractivity contribution < 1.29 is 34.1 Å². The molecule has 0 unspecified atom stereocenters. The number of ether oxygens (including phenoxy) is 1. The first kappa shape index (κ1) is 20.7. The van der Waals surface area contributed by atoms with E-state index >= 15 is 0 Å². The van der Waals surface area contributed by atoms with Crippen molar-refractivity contribution in [3.8, 4) is 28.4 Å². The lowest BCUT2D eigenvalue weighted by Crippen LogP contribution is -2.22. The third kappa shape index (κ3) is 4.04. The van der Waals surface area contributed by atoms with Gasteiger partial charge in [-0.25, -0.2) is 0 Å². The van der Waals surface area contributed by atoms with Crippen molar-refractivity contribution in [1.82, 2.24) is 0 Å². The quantitative estimate of drug-likeness (QED) is 0.323. The van der Waals surface area contributed by atoms with Crippen molar-refractivity contribution in [2.75, 3.05) is 12.4 Å². The Morgan fingerprint density at radius 2 is 1.97 bits per heavy atom. The predicted octanol–water partition coefficient (Wildman–Crippen LogP) is 2.72. The Kier molecular flexibility index (Phi) is 5.91. The van der Waals surface area contributed by atoms with Gasteiger partial charge in [0.2, 0.25) is 5.43 Å². The highest BCUT2D eigenvalue weighted by molar-refractivity contribution is 5.94. The smallest absolute Gasteiger partial charge is 0.303 e. The largest absolute Gasteiger partial charge is 0.506 e. The number of hydrogen-bond donors (Lipinski definition) is 4. The summed E-state index contributed by atoms with van der Waals surface area (Å²) in [6.45, 7) is 0. The van der Waals surface area contributed by atoms with E-state index in [0.717, 1.165) is 0 Å². The van der Waals surface area contributed by atoms with Gasteiger partial charge in [0.25, 0.3) is 0 Å². The van der Waals surface area contributed by atoms with Crippen LogP contribution in [0.15, 0.2) is 45.8 Å². The van der Waals surface area contributed by atoms with Crippen LogP contribution >= 0.6 is 0 Å². The minimum atomic E-state index is -1.06. The molecule has 0 saturated carbocycles. The van der Waals surface area contributed by atoms with Crippen LogP contribution < -0.4 is 15.5 Å². The van der Waals surface area contributed by atoms with Crippen molar-refractivity contribution in [1.29, 1.82) is 0 Å². The normalized spacial score (nSPS) is 11.8. The van der Waals surface area contributed by atoms with E-state index < -0.39 is 17.4 Å². The standard InChI is InChI=1S/C21H19NO8/c1-29-17-8-11(2-5-15(17)24)14-10-30-21-13(20(14)28)4-6-16(25)19(21)22-12(9-23)3-7-18(26)27/h2,4-6,8-10,12,22,24-25H,3,7H2,1H3,(H,26,27)/t12-/m1/s1. The first-order chi connectivity index (χ1) is 14.3. The number of phenolic OH excluding ortho intramolecular Hbond substituents is 2. The lowest BCUT2D eigenvalue weighted by atomic mass is 10.0. The third-order valence-corrected chi connectivity index (χ3v) is 4.57. The van der Waals surface area contributed by atoms with Gasteiger partial charge in [-0.1, -0.05) is 6.07 Å². The number of carboxylic acid groups (broad SMARTS) is 1. The second-order valence-corrected chi connectivity index (χ2v) is 6.52. The molecule has 1 atom stereocenters. The molecule has 0 aliphatic heterocycles. The fourth-order valence-corrected chi connectivity index (χ4v) is 3.01. The maximum atomic E-state index is 13.0. The molecule has 0 aliphatic rings. The minimum absolute atomic E-state index is 0.00964. The molecule has 0 bridgehead atoms. The molecule has 0 saturated heterocycles. The number of aldehydes is 1. The van der Waals surface area contributed by atoms with Crippen LogP contribution in [0.1, 0.15) is 12.8 Å². The van der Waals surface area contributed by atoms with Gasteiger partial charge in [-0.3, -0.25) is 9.59 Å². The van der Waals surface area contributed by atoms with Gasteiger partial charge in [0.15, 0.2) is 17.1 Å². The lowest BCUT2D eigenvalue weighted by Gasteiger charge is -2.16. The van der Waals surface area contributed by atoms with Crippen molar-refractivity contribution >= 4 is 28.9 Å². The van der Waals surface area contributed by atoms with Crippen molar-refractivity contribution in [3.63, 3.8) is 0 Å². The molecule has 0 spiro atoms. The molecule has 2 aromatic carbocycles. The van der Waals surface area contributed by atoms with Gasteiger partial charge in [-0.15, -0.1) is 0 Å². The first-order valence-corrected chi connectivity index (χ1v) is 8.94. The van der Waals surface area contributed by atoms with Gasteiger partial charge in [-0.05, 0) is 36.2 Å². The lowest BCUT2D eigenvalue weighted by molar-refractivity contribution is -0.137. The van der Waals surface area contributed by atoms with Crippen LogP contribution in [-0.4, -0.2) is 40.7 Å². The van der Waals surface area contributed by atoms with Crippen LogP contribution in [0.3, 0.4) is 0 Å². The Morgan fingerprint density at radius 1 is 1.23 bits per heavy atom. The number of phenols is 2. The molecule has 0 radical (unpaired) electrons. The molecule has 9 heteroatoms. The Bertz CT molecular complexity index is 1170. The molecule has 3 rings (SSSR count). The molecule has 156 valence electrons. The number of aromatic hydroxyl groups is 2. The van der Waals surface area contributed by atoms with Crippen LogP contribution in [0.4, 0.5) is 5.69 Å². The Balaban J connectivity index is 2.07. The molecule has 1 aromatic heterocycles. The average molecular weight is 413 g/mol. The Labute approximate surface area is 170 Å². The molecule has 4 N–H and O–H groups in total. The fourth-order valence-electron chi connectivity index (χ4n) is 3.01. The number of benzene rings is 2. The number of hydrogen-bond acceptors (Lipinski definition) is 8. The van der Waals surface area contributed by atoms with Gasteiger partial charge in [-0.2, -0.15) is 0 Å². The van der Waals surface area contributed by atoms with E-state index in [1.54, 1.807) is 0 Å². The topological polar surface area (TPSA) is 146 Å². The summed E-state index contributed by atoms with van der Waals surface area (Å²) >= 11 is 0. The van der Waals surface area contributed by atoms with Gasteiger partial charge >= 0.3 is 5.97 Å². The summed E-state index contributed by atoms with van der Waals surface area (Å²) in [5.41, 5.74) is 0.296. The summed E-state index contributed by atoms with van der Waals surface area (Å²) in [4.78, 5) is 35.1. The molecule has 30 heavy (non-hydrogen) atoms. The van der Waals surface area contributed by atoms with Crippen LogP contribution in [0.25, 0.3) is 22.1 Å². The van der Waals surface area contributed by atoms with Crippen LogP contribution in [0.2, 0.25) is 0 Å². The molecule has 0 fully saturated rings. The zero-order valence-electron chi connectivity index (χ0n) is 15.9. The van der Waals surface area contributed by atoms with E-state index in [-0.39, 0.29) is 52.3 Å². The SMILES string of the molecule is COc1cc(-c2coc3c(N[C@@H](C=O)CCC(=O)O)c(O)ccc3c2=O)ccc1O. The second kappa shape index (κ2) is 8.56. The zero-order valence-corrected chi connectivity index (χ0v) is 15.9. The molecule has 3 aromatic rings. The van der Waals surface area contributed by atoms with Crippen molar-refractivity contribution in [3.05, 3.63) is 46.8 Å². The summed E-state index contributed by atoms with van der Waals surface area (Å²) in [5.74, 6) is -1.21. The molecular weight excluding hydrogens is 394 g/mol. The van der Waals surface area contributed by atoms with Gasteiger partial charge in [0, 0.05) is 6.42 Å². The van der Waals surface area contributed by atoms with Crippen LogP contribution in [-0.2, 0) is 9.59 Å². The molecular formula is C21H19NO8. The highest BCUT2D eigenvalue weighted by Gasteiger charge is 2.19. The second-order valence-electron chi connectivity index (χ2n) is 6.52. The van der Waals surface area contributed by atoms with Crippen molar-refractivity contribution in [2.24, 2.45) is 0 Å². The van der Waals surface area contributed by atoms with Crippen LogP contribution in [0, 0.1) is 0 Å². The molecule has 0 aliphatic carbocycles.